The molecule has 19 heavy (non-hydrogen) atoms. The van der Waals surface area contributed by atoms with Crippen LogP contribution in [0.4, 0.5) is 10.2 Å². The molecule has 102 valence electrons. The number of hydrogen-bond acceptors (Lipinski definition) is 3. The molecule has 5 heteroatoms. The fourth-order valence-electron chi connectivity index (χ4n) is 1.98. The van der Waals surface area contributed by atoms with Gasteiger partial charge in [0.2, 0.25) is 0 Å². The normalized spacial score (nSPS) is 11.8. The summed E-state index contributed by atoms with van der Waals surface area (Å²) in [4.78, 5) is 4.51. The molecule has 0 saturated carbocycles. The molecule has 4 N–H and O–H groups in total. The maximum atomic E-state index is 13.3. The van der Waals surface area contributed by atoms with Gasteiger partial charge in [-0.1, -0.05) is 20.8 Å². The van der Waals surface area contributed by atoms with Gasteiger partial charge in [0.05, 0.1) is 0 Å². The summed E-state index contributed by atoms with van der Waals surface area (Å²) in [5, 5.41) is 0. The van der Waals surface area contributed by atoms with Crippen molar-refractivity contribution < 1.29 is 4.39 Å². The van der Waals surface area contributed by atoms with E-state index in [1.165, 1.54) is 10.7 Å². The predicted molar refractivity (Wildman–Crippen MR) is 75.6 cm³/mol. The largest absolute Gasteiger partial charge is 0.382 e. The van der Waals surface area contributed by atoms with Crippen LogP contribution >= 0.6 is 0 Å². The monoisotopic (exact) mass is 262 g/mol. The van der Waals surface area contributed by atoms with Gasteiger partial charge in [-0.25, -0.2) is 14.1 Å². The van der Waals surface area contributed by atoms with Gasteiger partial charge in [-0.2, -0.15) is 0 Å². The topological polar surface area (TPSA) is 69.9 Å². The average Bonchev–Trinajstić information content (AvgIpc) is 2.60. The summed E-state index contributed by atoms with van der Waals surface area (Å²) >= 11 is 0. The maximum absolute atomic E-state index is 13.3. The molecule has 0 aliphatic heterocycles. The first-order valence-corrected chi connectivity index (χ1v) is 6.12. The lowest BCUT2D eigenvalue weighted by Gasteiger charge is -2.17. The van der Waals surface area contributed by atoms with Crippen LogP contribution in [0.25, 0.3) is 11.3 Å². The summed E-state index contributed by atoms with van der Waals surface area (Å²) < 4.78 is 14.7. The molecule has 1 aromatic carbocycles. The molecule has 1 heterocycles. The highest BCUT2D eigenvalue weighted by atomic mass is 19.1. The van der Waals surface area contributed by atoms with Crippen molar-refractivity contribution >= 4 is 5.82 Å². The Labute approximate surface area is 112 Å². The molecule has 2 aromatic rings. The van der Waals surface area contributed by atoms with Crippen molar-refractivity contribution in [1.82, 2.24) is 9.66 Å². The molecule has 0 bridgehead atoms. The van der Waals surface area contributed by atoms with E-state index in [-0.39, 0.29) is 11.2 Å². The van der Waals surface area contributed by atoms with Gasteiger partial charge >= 0.3 is 0 Å². The number of nitrogen functional groups attached to an aromatic ring is 2. The fraction of sp³-hybridized carbons (Fsp3) is 0.357. The van der Waals surface area contributed by atoms with Crippen LogP contribution in [0.3, 0.4) is 0 Å². The van der Waals surface area contributed by atoms with Gasteiger partial charge in [-0.05, 0) is 30.7 Å². The van der Waals surface area contributed by atoms with Crippen molar-refractivity contribution in [3.8, 4) is 11.3 Å². The van der Waals surface area contributed by atoms with Crippen molar-refractivity contribution in [2.24, 2.45) is 0 Å². The van der Waals surface area contributed by atoms with Crippen molar-refractivity contribution in [1.29, 1.82) is 0 Å². The third-order valence-corrected chi connectivity index (χ3v) is 3.05. The van der Waals surface area contributed by atoms with Gasteiger partial charge in [-0.3, -0.25) is 0 Å². The number of aromatic nitrogens is 2. The minimum atomic E-state index is -0.245. The summed E-state index contributed by atoms with van der Waals surface area (Å²) in [5.41, 5.74) is 7.71. The molecule has 0 saturated heterocycles. The third kappa shape index (κ3) is 2.28. The Morgan fingerprint density at radius 2 is 1.89 bits per heavy atom. The zero-order valence-corrected chi connectivity index (χ0v) is 11.7. The van der Waals surface area contributed by atoms with Crippen LogP contribution in [0.1, 0.15) is 32.2 Å². The highest BCUT2D eigenvalue weighted by molar-refractivity contribution is 5.71. The van der Waals surface area contributed by atoms with Gasteiger partial charge in [0.1, 0.15) is 17.3 Å². The van der Waals surface area contributed by atoms with E-state index in [1.807, 2.05) is 20.8 Å². The van der Waals surface area contributed by atoms with E-state index in [1.54, 1.807) is 19.1 Å². The number of benzene rings is 1. The summed E-state index contributed by atoms with van der Waals surface area (Å²) in [5.74, 6) is 6.79. The van der Waals surface area contributed by atoms with E-state index >= 15 is 0 Å². The van der Waals surface area contributed by atoms with Crippen molar-refractivity contribution in [3.05, 3.63) is 35.4 Å². The summed E-state index contributed by atoms with van der Waals surface area (Å²) in [6, 6.07) is 4.80. The first kappa shape index (κ1) is 13.4. The number of anilines is 1. The van der Waals surface area contributed by atoms with Gasteiger partial charge < -0.3 is 11.6 Å². The summed E-state index contributed by atoms with van der Waals surface area (Å²) in [6.07, 6.45) is 0. The van der Waals surface area contributed by atoms with E-state index < -0.39 is 0 Å². The number of hydrogen-bond donors (Lipinski definition) is 2. The van der Waals surface area contributed by atoms with Gasteiger partial charge in [-0.15, -0.1) is 0 Å². The minimum Gasteiger partial charge on any atom is -0.382 e. The lowest BCUT2D eigenvalue weighted by atomic mass is 9.96. The van der Waals surface area contributed by atoms with E-state index in [9.17, 15) is 4.39 Å². The Morgan fingerprint density at radius 3 is 2.37 bits per heavy atom. The van der Waals surface area contributed by atoms with Crippen LogP contribution in [0.5, 0.6) is 0 Å². The van der Waals surface area contributed by atoms with Crippen LogP contribution in [-0.2, 0) is 5.41 Å². The van der Waals surface area contributed by atoms with Gasteiger partial charge in [0.25, 0.3) is 0 Å². The lowest BCUT2D eigenvalue weighted by Crippen LogP contribution is -2.24. The van der Waals surface area contributed by atoms with Crippen LogP contribution in [0.2, 0.25) is 0 Å². The quantitative estimate of drug-likeness (QED) is 0.776. The van der Waals surface area contributed by atoms with Crippen molar-refractivity contribution in [2.45, 2.75) is 33.1 Å². The second kappa shape index (κ2) is 4.26. The van der Waals surface area contributed by atoms with Crippen LogP contribution in [-0.4, -0.2) is 9.66 Å². The highest BCUT2D eigenvalue weighted by Gasteiger charge is 2.24. The zero-order valence-electron chi connectivity index (χ0n) is 11.7. The molecule has 0 spiro atoms. The van der Waals surface area contributed by atoms with Crippen molar-refractivity contribution in [2.75, 3.05) is 11.6 Å². The molecule has 0 unspecified atom stereocenters. The Morgan fingerprint density at radius 1 is 1.26 bits per heavy atom. The number of nitrogens with zero attached hydrogens (tertiary/aromatic N) is 2. The van der Waals surface area contributed by atoms with Crippen LogP contribution < -0.4 is 11.6 Å². The fourth-order valence-corrected chi connectivity index (χ4v) is 1.98. The molecule has 1 aromatic heterocycles. The Bertz CT molecular complexity index is 623. The average molecular weight is 262 g/mol. The van der Waals surface area contributed by atoms with E-state index in [0.29, 0.717) is 22.9 Å². The van der Waals surface area contributed by atoms with E-state index in [2.05, 4.69) is 4.98 Å². The molecule has 0 aliphatic rings. The molecule has 2 rings (SSSR count). The standard InChI is InChI=1S/C14H19FN4/c1-8-7-9(5-6-10(8)15)11-12(16)19(17)13(18-11)14(2,3)4/h5-7H,16-17H2,1-4H3. The lowest BCUT2D eigenvalue weighted by molar-refractivity contribution is 0.532. The first-order valence-electron chi connectivity index (χ1n) is 6.12. The number of halogens is 1. The van der Waals surface area contributed by atoms with Gasteiger partial charge in [0, 0.05) is 11.0 Å². The minimum absolute atomic E-state index is 0.212. The molecule has 0 amide bonds. The number of nitrogens with two attached hydrogens (primary N) is 2. The second-order valence-electron chi connectivity index (χ2n) is 5.75. The molecule has 0 aliphatic carbocycles. The number of aryl methyl sites for hydroxylation is 1. The number of rotatable bonds is 1. The van der Waals surface area contributed by atoms with Crippen LogP contribution in [0, 0.1) is 12.7 Å². The molecule has 0 fully saturated rings. The second-order valence-corrected chi connectivity index (χ2v) is 5.75. The van der Waals surface area contributed by atoms with Crippen LogP contribution in [0.15, 0.2) is 18.2 Å². The number of imidazole rings is 1. The molecular formula is C14H19FN4. The summed E-state index contributed by atoms with van der Waals surface area (Å²) in [7, 11) is 0. The van der Waals surface area contributed by atoms with Gasteiger partial charge in [0.15, 0.2) is 5.82 Å². The van der Waals surface area contributed by atoms with E-state index in [4.69, 9.17) is 11.6 Å². The SMILES string of the molecule is Cc1cc(-c2nc(C(C)(C)C)n(N)c2N)ccc1F. The molecule has 4 nitrogen and oxygen atoms in total. The Hall–Kier alpha value is -2.04. The zero-order chi connectivity index (χ0) is 14.4. The maximum Gasteiger partial charge on any atom is 0.150 e. The highest BCUT2D eigenvalue weighted by Crippen LogP contribution is 2.30. The molecule has 0 atom stereocenters. The summed E-state index contributed by atoms with van der Waals surface area (Å²) in [6.45, 7) is 7.74. The third-order valence-electron chi connectivity index (χ3n) is 3.05. The molecule has 0 radical (unpaired) electrons. The Kier molecular flexibility index (Phi) is 3.00. The Balaban J connectivity index is 2.60. The van der Waals surface area contributed by atoms with E-state index in [0.717, 1.165) is 5.56 Å². The predicted octanol–water partition coefficient (Wildman–Crippen LogP) is 2.59. The van der Waals surface area contributed by atoms with Crippen molar-refractivity contribution in [3.63, 3.8) is 0 Å². The molecular weight excluding hydrogens is 243 g/mol. The smallest absolute Gasteiger partial charge is 0.150 e. The first-order chi connectivity index (χ1) is 8.71.